The molecule has 1 aromatic heterocycles. The minimum atomic E-state index is -0.540. The summed E-state index contributed by atoms with van der Waals surface area (Å²) in [5, 5.41) is 14.0. The van der Waals surface area contributed by atoms with Gasteiger partial charge in [0.2, 0.25) is 5.95 Å². The van der Waals surface area contributed by atoms with Gasteiger partial charge in [-0.05, 0) is 34.4 Å². The molecule has 0 radical (unpaired) electrons. The Morgan fingerprint density at radius 3 is 2.67 bits per heavy atom. The Hall–Kier alpha value is -1.96. The number of nitrogens with zero attached hydrogens (tertiary/aromatic N) is 4. The monoisotopic (exact) mass is 297 g/mol. The summed E-state index contributed by atoms with van der Waals surface area (Å²) < 4.78 is 5.57. The van der Waals surface area contributed by atoms with Crippen LogP contribution >= 0.6 is 0 Å². The molecular weight excluding hydrogens is 274 g/mol. The highest BCUT2D eigenvalue weighted by Gasteiger charge is 2.25. The number of nitro groups is 1. The van der Waals surface area contributed by atoms with Gasteiger partial charge in [-0.2, -0.15) is 4.98 Å². The fourth-order valence-electron chi connectivity index (χ4n) is 1.29. The molecular formula is C13H23N5O3. The van der Waals surface area contributed by atoms with Crippen molar-refractivity contribution in [3.63, 3.8) is 0 Å². The average molecular weight is 297 g/mol. The van der Waals surface area contributed by atoms with Crippen LogP contribution < -0.4 is 10.1 Å². The molecule has 0 saturated carbocycles. The van der Waals surface area contributed by atoms with Crippen LogP contribution in [-0.4, -0.2) is 52.6 Å². The normalized spacial score (nSPS) is 11.5. The third-order valence-electron chi connectivity index (χ3n) is 3.24. The van der Waals surface area contributed by atoms with Crippen LogP contribution in [0.15, 0.2) is 6.20 Å². The summed E-state index contributed by atoms with van der Waals surface area (Å²) in [4.78, 5) is 20.5. The number of anilines is 1. The molecule has 1 rings (SSSR count). The number of aromatic nitrogens is 2. The Morgan fingerprint density at radius 1 is 1.48 bits per heavy atom. The van der Waals surface area contributed by atoms with Crippen LogP contribution in [0.25, 0.3) is 0 Å². The number of nitrogens with one attached hydrogen (secondary N) is 1. The van der Waals surface area contributed by atoms with Crippen LogP contribution in [0.5, 0.6) is 5.88 Å². The predicted octanol–water partition coefficient (Wildman–Crippen LogP) is 1.93. The van der Waals surface area contributed by atoms with Gasteiger partial charge < -0.3 is 15.0 Å². The van der Waals surface area contributed by atoms with E-state index in [0.717, 1.165) is 6.42 Å². The van der Waals surface area contributed by atoms with Crippen LogP contribution in [-0.2, 0) is 0 Å². The zero-order chi connectivity index (χ0) is 16.0. The molecule has 0 aliphatic rings. The Labute approximate surface area is 124 Å². The molecule has 8 heteroatoms. The Kier molecular flexibility index (Phi) is 5.83. The van der Waals surface area contributed by atoms with E-state index in [0.29, 0.717) is 12.5 Å². The average Bonchev–Trinajstić information content (AvgIpc) is 2.42. The van der Waals surface area contributed by atoms with E-state index in [4.69, 9.17) is 4.74 Å². The number of hydrogen-bond donors (Lipinski definition) is 1. The highest BCUT2D eigenvalue weighted by Crippen LogP contribution is 2.25. The van der Waals surface area contributed by atoms with Gasteiger partial charge in [0.25, 0.3) is 5.88 Å². The smallest absolute Gasteiger partial charge is 0.349 e. The molecule has 8 nitrogen and oxygen atoms in total. The Bertz CT molecular complexity index is 491. The molecule has 0 aromatic carbocycles. The standard InChI is InChI=1S/C13H23N5O3/c1-6-7-14-12-15-8-10(18(19)20)11(16-12)21-9-13(2,3)17(4)5/h8H,6-7,9H2,1-5H3,(H,14,15,16). The summed E-state index contributed by atoms with van der Waals surface area (Å²) in [6, 6.07) is 0. The van der Waals surface area contributed by atoms with E-state index in [2.05, 4.69) is 15.3 Å². The summed E-state index contributed by atoms with van der Waals surface area (Å²) in [7, 11) is 3.85. The van der Waals surface area contributed by atoms with Crippen molar-refractivity contribution in [1.82, 2.24) is 14.9 Å². The first-order valence-corrected chi connectivity index (χ1v) is 6.83. The Morgan fingerprint density at radius 2 is 2.14 bits per heavy atom. The molecule has 1 aromatic rings. The second-order valence-corrected chi connectivity index (χ2v) is 5.56. The third-order valence-corrected chi connectivity index (χ3v) is 3.24. The summed E-state index contributed by atoms with van der Waals surface area (Å²) in [6.07, 6.45) is 2.08. The second kappa shape index (κ2) is 7.16. The molecule has 0 unspecified atom stereocenters. The van der Waals surface area contributed by atoms with Crippen molar-refractivity contribution >= 4 is 11.6 Å². The number of ether oxygens (including phenoxy) is 1. The van der Waals surface area contributed by atoms with Gasteiger partial charge in [-0.3, -0.25) is 10.1 Å². The fraction of sp³-hybridized carbons (Fsp3) is 0.692. The van der Waals surface area contributed by atoms with Crippen LogP contribution in [0.1, 0.15) is 27.2 Å². The molecule has 1 N–H and O–H groups in total. The van der Waals surface area contributed by atoms with E-state index in [-0.39, 0.29) is 23.7 Å². The summed E-state index contributed by atoms with van der Waals surface area (Å²) >= 11 is 0. The highest BCUT2D eigenvalue weighted by molar-refractivity contribution is 5.43. The molecule has 0 spiro atoms. The lowest BCUT2D eigenvalue weighted by Gasteiger charge is -2.31. The first-order valence-electron chi connectivity index (χ1n) is 6.83. The predicted molar refractivity (Wildman–Crippen MR) is 80.7 cm³/mol. The van der Waals surface area contributed by atoms with E-state index in [1.54, 1.807) is 0 Å². The summed E-state index contributed by atoms with van der Waals surface area (Å²) in [5.74, 6) is 0.323. The molecule has 0 atom stereocenters. The molecule has 0 bridgehead atoms. The molecule has 21 heavy (non-hydrogen) atoms. The van der Waals surface area contributed by atoms with Crippen LogP contribution in [0, 0.1) is 10.1 Å². The zero-order valence-corrected chi connectivity index (χ0v) is 13.2. The van der Waals surface area contributed by atoms with Gasteiger partial charge in [0.05, 0.1) is 4.92 Å². The quantitative estimate of drug-likeness (QED) is 0.578. The van der Waals surface area contributed by atoms with Gasteiger partial charge in [-0.15, -0.1) is 0 Å². The van der Waals surface area contributed by atoms with Gasteiger partial charge in [0, 0.05) is 12.1 Å². The van der Waals surface area contributed by atoms with Crippen molar-refractivity contribution in [2.75, 3.05) is 32.6 Å². The molecule has 0 fully saturated rings. The van der Waals surface area contributed by atoms with Crippen LogP contribution in [0.2, 0.25) is 0 Å². The topological polar surface area (TPSA) is 93.4 Å². The SMILES string of the molecule is CCCNc1ncc([N+](=O)[O-])c(OCC(C)(C)N(C)C)n1. The third kappa shape index (κ3) is 4.82. The maximum absolute atomic E-state index is 11.0. The van der Waals surface area contributed by atoms with Crippen molar-refractivity contribution in [2.45, 2.75) is 32.7 Å². The van der Waals surface area contributed by atoms with Crippen molar-refractivity contribution in [3.8, 4) is 5.88 Å². The lowest BCUT2D eigenvalue weighted by Crippen LogP contribution is -2.43. The number of rotatable bonds is 8. The summed E-state index contributed by atoms with van der Waals surface area (Å²) in [6.45, 7) is 6.95. The van der Waals surface area contributed by atoms with Gasteiger partial charge in [-0.25, -0.2) is 4.98 Å². The first kappa shape index (κ1) is 17.1. The summed E-state index contributed by atoms with van der Waals surface area (Å²) in [5.41, 5.74) is -0.498. The molecule has 118 valence electrons. The van der Waals surface area contributed by atoms with Crippen molar-refractivity contribution in [3.05, 3.63) is 16.3 Å². The minimum Gasteiger partial charge on any atom is -0.471 e. The molecule has 1 heterocycles. The van der Waals surface area contributed by atoms with Crippen LogP contribution in [0.3, 0.4) is 0 Å². The van der Waals surface area contributed by atoms with Gasteiger partial charge in [0.15, 0.2) is 0 Å². The van der Waals surface area contributed by atoms with Crippen LogP contribution in [0.4, 0.5) is 11.6 Å². The second-order valence-electron chi connectivity index (χ2n) is 5.56. The number of likely N-dealkylation sites (N-methyl/N-ethyl adjacent to an activating group) is 1. The molecule has 0 amide bonds. The molecule has 0 saturated heterocycles. The van der Waals surface area contributed by atoms with Crippen molar-refractivity contribution < 1.29 is 9.66 Å². The fourth-order valence-corrected chi connectivity index (χ4v) is 1.29. The van der Waals surface area contributed by atoms with E-state index < -0.39 is 4.92 Å². The molecule has 0 aliphatic heterocycles. The van der Waals surface area contributed by atoms with Gasteiger partial charge >= 0.3 is 5.69 Å². The maximum Gasteiger partial charge on any atom is 0.349 e. The van der Waals surface area contributed by atoms with E-state index in [1.165, 1.54) is 6.20 Å². The van der Waals surface area contributed by atoms with E-state index in [1.807, 2.05) is 39.8 Å². The maximum atomic E-state index is 11.0. The minimum absolute atomic E-state index is 0.0106. The first-order chi connectivity index (χ1) is 9.77. The van der Waals surface area contributed by atoms with Gasteiger partial charge in [0.1, 0.15) is 12.8 Å². The number of hydrogen-bond acceptors (Lipinski definition) is 7. The van der Waals surface area contributed by atoms with Gasteiger partial charge in [-0.1, -0.05) is 6.92 Å². The van der Waals surface area contributed by atoms with E-state index in [9.17, 15) is 10.1 Å². The highest BCUT2D eigenvalue weighted by atomic mass is 16.6. The van der Waals surface area contributed by atoms with Crippen molar-refractivity contribution in [2.24, 2.45) is 0 Å². The zero-order valence-electron chi connectivity index (χ0n) is 13.2. The molecule has 0 aliphatic carbocycles. The largest absolute Gasteiger partial charge is 0.471 e. The van der Waals surface area contributed by atoms with E-state index >= 15 is 0 Å². The Balaban J connectivity index is 2.93. The lowest BCUT2D eigenvalue weighted by molar-refractivity contribution is -0.386. The lowest BCUT2D eigenvalue weighted by atomic mass is 10.1. The van der Waals surface area contributed by atoms with Crippen molar-refractivity contribution in [1.29, 1.82) is 0 Å².